The van der Waals surface area contributed by atoms with Gasteiger partial charge in [0.2, 0.25) is 5.91 Å². The van der Waals surface area contributed by atoms with Crippen molar-refractivity contribution in [2.45, 2.75) is 44.3 Å². The van der Waals surface area contributed by atoms with Crippen molar-refractivity contribution >= 4 is 35.0 Å². The second-order valence-corrected chi connectivity index (χ2v) is 9.72. The molecule has 0 atom stereocenters. The fourth-order valence-corrected chi connectivity index (χ4v) is 5.37. The first-order valence-corrected chi connectivity index (χ1v) is 12.6. The summed E-state index contributed by atoms with van der Waals surface area (Å²) in [6.07, 6.45) is 3.88. The van der Waals surface area contributed by atoms with Crippen molar-refractivity contribution in [3.8, 4) is 17.1 Å². The fourth-order valence-electron chi connectivity index (χ4n) is 4.25. The van der Waals surface area contributed by atoms with Crippen molar-refractivity contribution in [2.75, 3.05) is 11.1 Å². The Hall–Kier alpha value is -3.10. The molecule has 2 aromatic carbocycles. The van der Waals surface area contributed by atoms with Gasteiger partial charge in [-0.1, -0.05) is 54.0 Å². The highest BCUT2D eigenvalue weighted by atomic mass is 35.5. The van der Waals surface area contributed by atoms with Gasteiger partial charge in [-0.05, 0) is 56.0 Å². The zero-order valence-corrected chi connectivity index (χ0v) is 20.3. The van der Waals surface area contributed by atoms with E-state index < -0.39 is 0 Å². The average molecular weight is 494 g/mol. The molecule has 5 rings (SSSR count). The summed E-state index contributed by atoms with van der Waals surface area (Å²) in [5.41, 5.74) is 3.71. The second-order valence-electron chi connectivity index (χ2n) is 8.37. The summed E-state index contributed by atoms with van der Waals surface area (Å²) >= 11 is 7.61. The highest BCUT2D eigenvalue weighted by Gasteiger charge is 2.27. The van der Waals surface area contributed by atoms with Gasteiger partial charge >= 0.3 is 0 Å². The number of fused-ring (bicyclic) bond motifs is 3. The van der Waals surface area contributed by atoms with E-state index in [-0.39, 0.29) is 17.2 Å². The maximum absolute atomic E-state index is 13.3. The first kappa shape index (κ1) is 22.7. The number of nitrogens with one attached hydrogen (secondary N) is 1. The monoisotopic (exact) mass is 493 g/mol. The van der Waals surface area contributed by atoms with Crippen LogP contribution in [0, 0.1) is 6.92 Å². The zero-order chi connectivity index (χ0) is 23.7. The molecule has 0 saturated heterocycles. The minimum atomic E-state index is -0.167. The van der Waals surface area contributed by atoms with Crippen molar-refractivity contribution < 1.29 is 4.79 Å². The number of rotatable bonds is 5. The van der Waals surface area contributed by atoms with Gasteiger partial charge in [0.1, 0.15) is 5.56 Å². The van der Waals surface area contributed by atoms with E-state index in [1.54, 1.807) is 6.07 Å². The summed E-state index contributed by atoms with van der Waals surface area (Å²) in [5, 5.41) is 8.63. The number of hydrogen-bond acceptors (Lipinski definition) is 5. The van der Waals surface area contributed by atoms with Crippen LogP contribution in [0.4, 0.5) is 5.69 Å². The van der Waals surface area contributed by atoms with Crippen molar-refractivity contribution in [1.82, 2.24) is 19.3 Å². The number of hydrogen-bond donors (Lipinski definition) is 1. The quantitative estimate of drug-likeness (QED) is 0.314. The number of benzene rings is 2. The Morgan fingerprint density at radius 1 is 1.15 bits per heavy atom. The van der Waals surface area contributed by atoms with Gasteiger partial charge in [0.25, 0.3) is 5.56 Å². The summed E-state index contributed by atoms with van der Waals surface area (Å²) in [6.45, 7) is 2.71. The van der Waals surface area contributed by atoms with Crippen LogP contribution in [0.3, 0.4) is 0 Å². The minimum Gasteiger partial charge on any atom is -0.324 e. The van der Waals surface area contributed by atoms with E-state index in [1.807, 2.05) is 49.4 Å². The van der Waals surface area contributed by atoms with Gasteiger partial charge in [0, 0.05) is 12.2 Å². The van der Waals surface area contributed by atoms with E-state index in [0.717, 1.165) is 43.5 Å². The molecule has 1 N–H and O–H groups in total. The van der Waals surface area contributed by atoms with Gasteiger partial charge in [-0.25, -0.2) is 4.98 Å². The van der Waals surface area contributed by atoms with Crippen LogP contribution in [0.2, 0.25) is 5.02 Å². The third kappa shape index (κ3) is 4.48. The maximum Gasteiger partial charge on any atom is 0.284 e. The van der Waals surface area contributed by atoms with Gasteiger partial charge in [0.05, 0.1) is 22.2 Å². The zero-order valence-electron chi connectivity index (χ0n) is 18.8. The van der Waals surface area contributed by atoms with Crippen LogP contribution in [-0.4, -0.2) is 31.0 Å². The Bertz CT molecular complexity index is 1380. The molecule has 9 heteroatoms. The topological polar surface area (TPSA) is 81.8 Å². The largest absolute Gasteiger partial charge is 0.324 e. The molecule has 34 heavy (non-hydrogen) atoms. The molecule has 174 valence electrons. The van der Waals surface area contributed by atoms with Gasteiger partial charge in [0.15, 0.2) is 11.0 Å². The number of halogens is 1. The molecule has 2 aromatic rings. The number of anilines is 1. The summed E-state index contributed by atoms with van der Waals surface area (Å²) < 4.78 is 3.52. The van der Waals surface area contributed by atoms with Crippen LogP contribution < -0.4 is 10.9 Å². The van der Waals surface area contributed by atoms with Gasteiger partial charge in [-0.2, -0.15) is 4.68 Å². The molecule has 0 aromatic heterocycles. The SMILES string of the molecule is Cc1ccc(NC(=O)CSc2nc3nn(-c4ccccc4)c(=O)c-3c3n2CCCCC3)c(Cl)c1. The molecule has 1 amide bonds. The Kier molecular flexibility index (Phi) is 6.43. The molecule has 3 aliphatic rings. The lowest BCUT2D eigenvalue weighted by Gasteiger charge is -2.17. The molecule has 0 saturated carbocycles. The molecule has 7 nitrogen and oxygen atoms in total. The van der Waals surface area contributed by atoms with Crippen LogP contribution in [0.1, 0.15) is 30.5 Å². The number of amides is 1. The minimum absolute atomic E-state index is 0.150. The molecule has 0 fully saturated rings. The number of carbonyl (C=O) groups excluding carboxylic acids is 1. The third-order valence-electron chi connectivity index (χ3n) is 5.90. The van der Waals surface area contributed by atoms with Gasteiger partial charge in [-0.3, -0.25) is 9.59 Å². The number of para-hydroxylation sites is 1. The van der Waals surface area contributed by atoms with E-state index in [9.17, 15) is 9.59 Å². The Balaban J connectivity index is 1.47. The molecular weight excluding hydrogens is 470 g/mol. The average Bonchev–Trinajstić information content (AvgIpc) is 2.99. The summed E-state index contributed by atoms with van der Waals surface area (Å²) in [6, 6.07) is 14.9. The van der Waals surface area contributed by atoms with E-state index in [1.165, 1.54) is 16.4 Å². The van der Waals surface area contributed by atoms with Gasteiger partial charge in [-0.15, -0.1) is 5.10 Å². The number of nitrogens with zero attached hydrogens (tertiary/aromatic N) is 4. The standard InChI is InChI=1S/C25H24ClN5O2S/c1-16-11-12-19(18(26)14-16)27-21(32)15-34-25-28-23-22(20-10-6-3-7-13-30(20)25)24(33)31(29-23)17-8-4-2-5-9-17/h2,4-5,8-9,11-12,14H,3,6-7,10,13,15H2,1H3,(H,27,32). The van der Waals surface area contributed by atoms with Crippen LogP contribution >= 0.6 is 23.4 Å². The van der Waals surface area contributed by atoms with E-state index >= 15 is 0 Å². The number of aryl methyl sites for hydroxylation is 1. The highest BCUT2D eigenvalue weighted by molar-refractivity contribution is 7.99. The molecular formula is C25H24ClN5O2S. The van der Waals surface area contributed by atoms with Crippen molar-refractivity contribution in [3.05, 3.63) is 75.2 Å². The van der Waals surface area contributed by atoms with Crippen LogP contribution in [-0.2, 0) is 17.8 Å². The summed E-state index contributed by atoms with van der Waals surface area (Å²) in [7, 11) is 0. The van der Waals surface area contributed by atoms with Crippen LogP contribution in [0.5, 0.6) is 0 Å². The molecule has 3 heterocycles. The lowest BCUT2D eigenvalue weighted by molar-refractivity contribution is -0.113. The first-order chi connectivity index (χ1) is 16.5. The molecule has 0 aliphatic carbocycles. The van der Waals surface area contributed by atoms with Crippen molar-refractivity contribution in [2.24, 2.45) is 0 Å². The fraction of sp³-hybridized carbons (Fsp3) is 0.280. The Morgan fingerprint density at radius 2 is 1.97 bits per heavy atom. The van der Waals surface area contributed by atoms with E-state index in [0.29, 0.717) is 32.9 Å². The van der Waals surface area contributed by atoms with Crippen LogP contribution in [0.25, 0.3) is 17.1 Å². The summed E-state index contributed by atoms with van der Waals surface area (Å²) in [5.74, 6) is 0.428. The van der Waals surface area contributed by atoms with E-state index in [2.05, 4.69) is 15.0 Å². The summed E-state index contributed by atoms with van der Waals surface area (Å²) in [4.78, 5) is 30.7. The third-order valence-corrected chi connectivity index (χ3v) is 7.19. The second kappa shape index (κ2) is 9.64. The molecule has 0 bridgehead atoms. The van der Waals surface area contributed by atoms with Crippen molar-refractivity contribution in [1.29, 1.82) is 0 Å². The predicted octanol–water partition coefficient (Wildman–Crippen LogP) is 4.95. The molecule has 3 aliphatic heterocycles. The lowest BCUT2D eigenvalue weighted by Crippen LogP contribution is -2.20. The normalized spacial score (nSPS) is 13.5. The van der Waals surface area contributed by atoms with Crippen LogP contribution in [0.15, 0.2) is 58.5 Å². The maximum atomic E-state index is 13.3. The number of aromatic nitrogens is 4. The molecule has 0 spiro atoms. The highest BCUT2D eigenvalue weighted by Crippen LogP contribution is 2.31. The van der Waals surface area contributed by atoms with Crippen molar-refractivity contribution in [3.63, 3.8) is 0 Å². The van der Waals surface area contributed by atoms with E-state index in [4.69, 9.17) is 16.6 Å². The Morgan fingerprint density at radius 3 is 2.76 bits per heavy atom. The lowest BCUT2D eigenvalue weighted by atomic mass is 10.1. The Labute approximate surface area is 206 Å². The first-order valence-electron chi connectivity index (χ1n) is 11.3. The van der Waals surface area contributed by atoms with Gasteiger partial charge < -0.3 is 9.88 Å². The molecule has 0 unspecified atom stereocenters. The smallest absolute Gasteiger partial charge is 0.284 e. The predicted molar refractivity (Wildman–Crippen MR) is 135 cm³/mol. The molecule has 0 radical (unpaired) electrons. The number of carbonyl (C=O) groups is 1. The number of thioether (sulfide) groups is 1.